The SMILES string of the molecule is CNCCS(=O)(=O)N(CCCO)C1CCC1. The van der Waals surface area contributed by atoms with Gasteiger partial charge in [-0.25, -0.2) is 8.42 Å². The van der Waals surface area contributed by atoms with Gasteiger partial charge >= 0.3 is 0 Å². The standard InChI is InChI=1S/C10H22N2O3S/c1-11-6-9-16(14,15)12(7-3-8-13)10-4-2-5-10/h10-11,13H,2-9H2,1H3. The van der Waals surface area contributed by atoms with E-state index < -0.39 is 10.0 Å². The van der Waals surface area contributed by atoms with E-state index in [4.69, 9.17) is 5.11 Å². The van der Waals surface area contributed by atoms with Crippen LogP contribution in [0.1, 0.15) is 25.7 Å². The molecule has 0 spiro atoms. The van der Waals surface area contributed by atoms with Crippen LogP contribution in [0.4, 0.5) is 0 Å². The average Bonchev–Trinajstić information content (AvgIpc) is 2.18. The molecule has 5 nitrogen and oxygen atoms in total. The lowest BCUT2D eigenvalue weighted by Crippen LogP contribution is -2.46. The van der Waals surface area contributed by atoms with Crippen molar-refractivity contribution in [1.29, 1.82) is 0 Å². The number of sulfonamides is 1. The predicted octanol–water partition coefficient (Wildman–Crippen LogP) is -0.227. The monoisotopic (exact) mass is 250 g/mol. The lowest BCUT2D eigenvalue weighted by atomic mass is 9.93. The van der Waals surface area contributed by atoms with E-state index in [9.17, 15) is 8.42 Å². The fraction of sp³-hybridized carbons (Fsp3) is 1.00. The Bertz CT molecular complexity index is 288. The van der Waals surface area contributed by atoms with Crippen molar-refractivity contribution in [3.8, 4) is 0 Å². The molecule has 0 aliphatic heterocycles. The van der Waals surface area contributed by atoms with Gasteiger partial charge in [-0.15, -0.1) is 0 Å². The first-order chi connectivity index (χ1) is 7.61. The highest BCUT2D eigenvalue weighted by Crippen LogP contribution is 2.27. The Morgan fingerprint density at radius 3 is 2.56 bits per heavy atom. The number of hydrogen-bond acceptors (Lipinski definition) is 4. The van der Waals surface area contributed by atoms with Crippen molar-refractivity contribution in [3.05, 3.63) is 0 Å². The molecule has 0 heterocycles. The second-order valence-corrected chi connectivity index (χ2v) is 6.23. The first-order valence-corrected chi connectivity index (χ1v) is 7.47. The summed E-state index contributed by atoms with van der Waals surface area (Å²) in [6, 6.07) is 0.174. The minimum absolute atomic E-state index is 0.0464. The maximum Gasteiger partial charge on any atom is 0.215 e. The Labute approximate surface area is 97.9 Å². The molecule has 0 bridgehead atoms. The third kappa shape index (κ3) is 3.69. The number of rotatable bonds is 8. The van der Waals surface area contributed by atoms with Crippen LogP contribution >= 0.6 is 0 Å². The number of aliphatic hydroxyl groups excluding tert-OH is 1. The molecule has 0 unspecified atom stereocenters. The van der Waals surface area contributed by atoms with Crippen molar-refractivity contribution in [2.75, 3.05) is 32.5 Å². The third-order valence-electron chi connectivity index (χ3n) is 2.99. The molecule has 0 saturated heterocycles. The second kappa shape index (κ2) is 6.54. The van der Waals surface area contributed by atoms with Gasteiger partial charge < -0.3 is 10.4 Å². The molecule has 0 aromatic carbocycles. The van der Waals surface area contributed by atoms with Crippen LogP contribution < -0.4 is 5.32 Å². The first kappa shape index (κ1) is 13.9. The summed E-state index contributed by atoms with van der Waals surface area (Å²) in [4.78, 5) is 0. The van der Waals surface area contributed by atoms with E-state index in [0.29, 0.717) is 19.5 Å². The predicted molar refractivity (Wildman–Crippen MR) is 63.8 cm³/mol. The molecule has 1 aliphatic rings. The van der Waals surface area contributed by atoms with Crippen LogP contribution in [0.3, 0.4) is 0 Å². The summed E-state index contributed by atoms with van der Waals surface area (Å²) >= 11 is 0. The minimum Gasteiger partial charge on any atom is -0.396 e. The van der Waals surface area contributed by atoms with Gasteiger partial charge in [-0.1, -0.05) is 6.42 Å². The molecule has 1 rings (SSSR count). The van der Waals surface area contributed by atoms with Gasteiger partial charge in [0, 0.05) is 25.7 Å². The van der Waals surface area contributed by atoms with Crippen LogP contribution in [0.25, 0.3) is 0 Å². The summed E-state index contributed by atoms with van der Waals surface area (Å²) in [5, 5.41) is 11.7. The van der Waals surface area contributed by atoms with E-state index >= 15 is 0 Å². The topological polar surface area (TPSA) is 69.6 Å². The molecule has 1 aliphatic carbocycles. The maximum atomic E-state index is 12.0. The highest BCUT2D eigenvalue weighted by atomic mass is 32.2. The van der Waals surface area contributed by atoms with E-state index in [1.54, 1.807) is 11.4 Å². The van der Waals surface area contributed by atoms with Gasteiger partial charge in [0.25, 0.3) is 0 Å². The van der Waals surface area contributed by atoms with Crippen LogP contribution in [0.15, 0.2) is 0 Å². The Balaban J connectivity index is 2.58. The molecule has 0 aromatic rings. The Morgan fingerprint density at radius 1 is 1.44 bits per heavy atom. The quantitative estimate of drug-likeness (QED) is 0.624. The summed E-state index contributed by atoms with van der Waals surface area (Å²) in [6.45, 7) is 0.975. The second-order valence-electron chi connectivity index (χ2n) is 4.19. The van der Waals surface area contributed by atoms with Crippen LogP contribution in [-0.4, -0.2) is 56.4 Å². The Kier molecular flexibility index (Phi) is 5.68. The van der Waals surface area contributed by atoms with Crippen molar-refractivity contribution in [3.63, 3.8) is 0 Å². The first-order valence-electron chi connectivity index (χ1n) is 5.87. The molecule has 0 aromatic heterocycles. The zero-order chi connectivity index (χ0) is 12.0. The molecule has 0 amide bonds. The summed E-state index contributed by atoms with van der Waals surface area (Å²) in [6.07, 6.45) is 3.56. The van der Waals surface area contributed by atoms with Crippen LogP contribution in [0.2, 0.25) is 0 Å². The number of nitrogens with zero attached hydrogens (tertiary/aromatic N) is 1. The van der Waals surface area contributed by atoms with Crippen molar-refractivity contribution in [1.82, 2.24) is 9.62 Å². The lowest BCUT2D eigenvalue weighted by Gasteiger charge is -2.36. The van der Waals surface area contributed by atoms with Gasteiger partial charge in [0.2, 0.25) is 10.0 Å². The zero-order valence-electron chi connectivity index (χ0n) is 9.85. The van der Waals surface area contributed by atoms with Gasteiger partial charge in [-0.05, 0) is 26.3 Å². The third-order valence-corrected chi connectivity index (χ3v) is 4.90. The summed E-state index contributed by atoms with van der Waals surface area (Å²) < 4.78 is 25.7. The molecule has 0 atom stereocenters. The summed E-state index contributed by atoms with van der Waals surface area (Å²) in [5.74, 6) is 0.144. The van der Waals surface area contributed by atoms with Crippen molar-refractivity contribution >= 4 is 10.0 Å². The average molecular weight is 250 g/mol. The van der Waals surface area contributed by atoms with E-state index in [2.05, 4.69) is 5.32 Å². The molecule has 1 fully saturated rings. The van der Waals surface area contributed by atoms with Crippen molar-refractivity contribution < 1.29 is 13.5 Å². The van der Waals surface area contributed by atoms with Gasteiger partial charge in [-0.2, -0.15) is 4.31 Å². The van der Waals surface area contributed by atoms with Gasteiger partial charge in [-0.3, -0.25) is 0 Å². The molecule has 96 valence electrons. The molecular weight excluding hydrogens is 228 g/mol. The smallest absolute Gasteiger partial charge is 0.215 e. The fourth-order valence-corrected chi connectivity index (χ4v) is 3.57. The molecule has 16 heavy (non-hydrogen) atoms. The molecule has 2 N–H and O–H groups in total. The van der Waals surface area contributed by atoms with E-state index in [1.165, 1.54) is 0 Å². The van der Waals surface area contributed by atoms with Gasteiger partial charge in [0.15, 0.2) is 0 Å². The highest BCUT2D eigenvalue weighted by Gasteiger charge is 2.32. The van der Waals surface area contributed by atoms with E-state index in [1.807, 2.05) is 0 Å². The lowest BCUT2D eigenvalue weighted by molar-refractivity contribution is 0.198. The summed E-state index contributed by atoms with van der Waals surface area (Å²) in [5.41, 5.74) is 0. The number of nitrogens with one attached hydrogen (secondary N) is 1. The largest absolute Gasteiger partial charge is 0.396 e. The fourth-order valence-electron chi connectivity index (χ4n) is 1.80. The van der Waals surface area contributed by atoms with Crippen LogP contribution in [-0.2, 0) is 10.0 Å². The van der Waals surface area contributed by atoms with Gasteiger partial charge in [0.1, 0.15) is 0 Å². The van der Waals surface area contributed by atoms with Crippen LogP contribution in [0, 0.1) is 0 Å². The molecular formula is C10H22N2O3S. The normalized spacial score (nSPS) is 17.7. The van der Waals surface area contributed by atoms with E-state index in [-0.39, 0.29) is 18.4 Å². The zero-order valence-corrected chi connectivity index (χ0v) is 10.7. The van der Waals surface area contributed by atoms with Gasteiger partial charge in [0.05, 0.1) is 5.75 Å². The minimum atomic E-state index is -3.16. The molecule has 0 radical (unpaired) electrons. The Hall–Kier alpha value is -0.170. The Morgan fingerprint density at radius 2 is 2.12 bits per heavy atom. The maximum absolute atomic E-state index is 12.0. The van der Waals surface area contributed by atoms with Crippen LogP contribution in [0.5, 0.6) is 0 Å². The van der Waals surface area contributed by atoms with Crippen molar-refractivity contribution in [2.24, 2.45) is 0 Å². The number of aliphatic hydroxyl groups is 1. The summed E-state index contributed by atoms with van der Waals surface area (Å²) in [7, 11) is -1.41. The molecule has 1 saturated carbocycles. The van der Waals surface area contributed by atoms with Crippen molar-refractivity contribution in [2.45, 2.75) is 31.7 Å². The molecule has 6 heteroatoms. The van der Waals surface area contributed by atoms with E-state index in [0.717, 1.165) is 19.3 Å². The number of hydrogen-bond donors (Lipinski definition) is 2. The highest BCUT2D eigenvalue weighted by molar-refractivity contribution is 7.89.